The molecule has 1 aliphatic heterocycles. The molecule has 0 bridgehead atoms. The maximum atomic E-state index is 12.9. The highest BCUT2D eigenvalue weighted by Crippen LogP contribution is 2.25. The first-order valence-corrected chi connectivity index (χ1v) is 8.31. The summed E-state index contributed by atoms with van der Waals surface area (Å²) in [4.78, 5) is 14.8. The number of rotatable bonds is 4. The predicted molar refractivity (Wildman–Crippen MR) is 104 cm³/mol. The highest BCUT2D eigenvalue weighted by atomic mass is 16.2. The van der Waals surface area contributed by atoms with Crippen molar-refractivity contribution >= 4 is 29.2 Å². The van der Waals surface area contributed by atoms with Crippen LogP contribution >= 0.6 is 0 Å². The summed E-state index contributed by atoms with van der Waals surface area (Å²) in [5.41, 5.74) is 3.38. The smallest absolute Gasteiger partial charge is 0.282 e. The number of hydrogen-bond acceptors (Lipinski definition) is 4. The van der Waals surface area contributed by atoms with Gasteiger partial charge in [0.05, 0.1) is 11.3 Å². The van der Waals surface area contributed by atoms with E-state index in [0.29, 0.717) is 11.4 Å². The first-order valence-electron chi connectivity index (χ1n) is 8.31. The molecule has 0 aliphatic carbocycles. The number of carbonyl (C=O) groups excluding carboxylic acids is 1. The Morgan fingerprint density at radius 1 is 1.08 bits per heavy atom. The van der Waals surface area contributed by atoms with Crippen LogP contribution in [0.15, 0.2) is 65.3 Å². The van der Waals surface area contributed by atoms with Crippen LogP contribution < -0.4 is 10.3 Å². The van der Waals surface area contributed by atoms with E-state index in [1.54, 1.807) is 0 Å². The molecule has 1 aliphatic rings. The van der Waals surface area contributed by atoms with Gasteiger partial charge in [0.2, 0.25) is 0 Å². The van der Waals surface area contributed by atoms with Crippen molar-refractivity contribution in [2.45, 2.75) is 6.92 Å². The van der Waals surface area contributed by atoms with Crippen molar-refractivity contribution in [3.8, 4) is 0 Å². The molecule has 2 aromatic rings. The van der Waals surface area contributed by atoms with Crippen molar-refractivity contribution in [3.63, 3.8) is 0 Å². The third-order valence-corrected chi connectivity index (χ3v) is 3.89. The van der Waals surface area contributed by atoms with Crippen LogP contribution in [-0.4, -0.2) is 37.3 Å². The highest BCUT2D eigenvalue weighted by molar-refractivity contribution is 6.31. The third-order valence-electron chi connectivity index (χ3n) is 3.89. The molecule has 128 valence electrons. The number of benzene rings is 2. The average molecular weight is 334 g/mol. The van der Waals surface area contributed by atoms with Gasteiger partial charge in [0.15, 0.2) is 5.84 Å². The lowest BCUT2D eigenvalue weighted by atomic mass is 10.1. The first kappa shape index (κ1) is 16.8. The molecule has 0 saturated heterocycles. The number of anilines is 2. The van der Waals surface area contributed by atoms with Crippen LogP contribution in [0.1, 0.15) is 12.5 Å². The second-order valence-electron chi connectivity index (χ2n) is 5.98. The molecule has 5 nitrogen and oxygen atoms in total. The zero-order chi connectivity index (χ0) is 17.8. The van der Waals surface area contributed by atoms with Gasteiger partial charge < -0.3 is 10.2 Å². The quantitative estimate of drug-likeness (QED) is 0.872. The Labute approximate surface area is 148 Å². The first-order chi connectivity index (χ1) is 12.1. The van der Waals surface area contributed by atoms with E-state index in [-0.39, 0.29) is 5.91 Å². The number of nitrogens with one attached hydrogen (secondary N) is 1. The van der Waals surface area contributed by atoms with E-state index in [4.69, 9.17) is 0 Å². The lowest BCUT2D eigenvalue weighted by molar-refractivity contribution is -0.114. The monoisotopic (exact) mass is 334 g/mol. The SMILES string of the molecule is CCNc1ccc(C=C2C(=O)N(c3ccccc3)N=C2N(C)C)cc1. The van der Waals surface area contributed by atoms with Crippen molar-refractivity contribution in [1.82, 2.24) is 4.90 Å². The van der Waals surface area contributed by atoms with Crippen LogP contribution in [0.5, 0.6) is 0 Å². The Hall–Kier alpha value is -3.08. The van der Waals surface area contributed by atoms with Gasteiger partial charge in [-0.15, -0.1) is 5.10 Å². The molecule has 0 atom stereocenters. The summed E-state index contributed by atoms with van der Waals surface area (Å²) in [5, 5.41) is 9.23. The molecular formula is C20H22N4O. The van der Waals surface area contributed by atoms with Crippen LogP contribution in [0, 0.1) is 0 Å². The molecule has 2 aromatic carbocycles. The summed E-state index contributed by atoms with van der Waals surface area (Å²) in [6.07, 6.45) is 1.89. The van der Waals surface area contributed by atoms with Gasteiger partial charge in [-0.25, -0.2) is 0 Å². The molecule has 25 heavy (non-hydrogen) atoms. The molecule has 0 radical (unpaired) electrons. The van der Waals surface area contributed by atoms with Crippen LogP contribution in [-0.2, 0) is 4.79 Å². The van der Waals surface area contributed by atoms with E-state index in [9.17, 15) is 4.79 Å². The Balaban J connectivity index is 1.94. The van der Waals surface area contributed by atoms with Gasteiger partial charge in [0.1, 0.15) is 0 Å². The van der Waals surface area contributed by atoms with E-state index < -0.39 is 0 Å². The largest absolute Gasteiger partial charge is 0.385 e. The van der Waals surface area contributed by atoms with Gasteiger partial charge in [-0.1, -0.05) is 30.3 Å². The molecule has 5 heteroatoms. The fourth-order valence-electron chi connectivity index (χ4n) is 2.67. The molecule has 0 spiro atoms. The second-order valence-corrected chi connectivity index (χ2v) is 5.98. The van der Waals surface area contributed by atoms with Crippen molar-refractivity contribution in [2.24, 2.45) is 5.10 Å². The summed E-state index contributed by atoms with van der Waals surface area (Å²) in [5.74, 6) is 0.537. The molecule has 0 fully saturated rings. The molecular weight excluding hydrogens is 312 g/mol. The molecule has 1 heterocycles. The molecule has 1 N–H and O–H groups in total. The number of hydrazone groups is 1. The Morgan fingerprint density at radius 3 is 2.36 bits per heavy atom. The van der Waals surface area contributed by atoms with Crippen LogP contribution in [0.3, 0.4) is 0 Å². The standard InChI is InChI=1S/C20H22N4O/c1-4-21-16-12-10-15(11-13-16)14-18-19(23(2)3)22-24(20(18)25)17-8-6-5-7-9-17/h5-14,21H,4H2,1-3H3. The molecule has 1 amide bonds. The zero-order valence-corrected chi connectivity index (χ0v) is 14.7. The topological polar surface area (TPSA) is 47.9 Å². The van der Waals surface area contributed by atoms with Crippen molar-refractivity contribution < 1.29 is 4.79 Å². The van der Waals surface area contributed by atoms with E-state index in [1.165, 1.54) is 5.01 Å². The molecule has 0 aromatic heterocycles. The lowest BCUT2D eigenvalue weighted by Crippen LogP contribution is -2.24. The van der Waals surface area contributed by atoms with Gasteiger partial charge >= 0.3 is 0 Å². The minimum absolute atomic E-state index is 0.120. The molecule has 0 saturated carbocycles. The van der Waals surface area contributed by atoms with Crippen molar-refractivity contribution in [2.75, 3.05) is 31.0 Å². The van der Waals surface area contributed by atoms with Gasteiger partial charge in [-0.05, 0) is 42.8 Å². The van der Waals surface area contributed by atoms with Gasteiger partial charge in [-0.2, -0.15) is 5.01 Å². The van der Waals surface area contributed by atoms with Crippen molar-refractivity contribution in [3.05, 3.63) is 65.7 Å². The van der Waals surface area contributed by atoms with Crippen LogP contribution in [0.4, 0.5) is 11.4 Å². The maximum absolute atomic E-state index is 12.9. The zero-order valence-electron chi connectivity index (χ0n) is 14.7. The number of para-hydroxylation sites is 1. The number of carbonyl (C=O) groups is 1. The predicted octanol–water partition coefficient (Wildman–Crippen LogP) is 3.42. The number of hydrogen-bond donors (Lipinski definition) is 1. The van der Waals surface area contributed by atoms with E-state index >= 15 is 0 Å². The Kier molecular flexibility index (Phi) is 4.84. The Bertz CT molecular complexity index is 807. The van der Waals surface area contributed by atoms with Gasteiger partial charge in [-0.3, -0.25) is 4.79 Å². The summed E-state index contributed by atoms with van der Waals surface area (Å²) in [6.45, 7) is 2.94. The average Bonchev–Trinajstić information content (AvgIpc) is 2.95. The maximum Gasteiger partial charge on any atom is 0.282 e. The number of likely N-dealkylation sites (N-methyl/N-ethyl adjacent to an activating group) is 1. The normalized spacial score (nSPS) is 15.5. The van der Waals surface area contributed by atoms with Crippen molar-refractivity contribution in [1.29, 1.82) is 0 Å². The fraction of sp³-hybridized carbons (Fsp3) is 0.200. The second kappa shape index (κ2) is 7.21. The molecule has 0 unspecified atom stereocenters. The van der Waals surface area contributed by atoms with E-state index in [2.05, 4.69) is 17.3 Å². The van der Waals surface area contributed by atoms with Gasteiger partial charge in [0.25, 0.3) is 5.91 Å². The summed E-state index contributed by atoms with van der Waals surface area (Å²) < 4.78 is 0. The third kappa shape index (κ3) is 3.55. The number of amides is 1. The highest BCUT2D eigenvalue weighted by Gasteiger charge is 2.32. The fourth-order valence-corrected chi connectivity index (χ4v) is 2.67. The van der Waals surface area contributed by atoms with Crippen LogP contribution in [0.2, 0.25) is 0 Å². The minimum atomic E-state index is -0.120. The summed E-state index contributed by atoms with van der Waals surface area (Å²) >= 11 is 0. The minimum Gasteiger partial charge on any atom is -0.385 e. The lowest BCUT2D eigenvalue weighted by Gasteiger charge is -2.11. The number of nitrogens with zero attached hydrogens (tertiary/aromatic N) is 3. The Morgan fingerprint density at radius 2 is 1.76 bits per heavy atom. The van der Waals surface area contributed by atoms with Gasteiger partial charge in [0, 0.05) is 26.3 Å². The van der Waals surface area contributed by atoms with E-state index in [0.717, 1.165) is 23.5 Å². The number of amidine groups is 1. The summed E-state index contributed by atoms with van der Waals surface area (Å²) in [7, 11) is 3.78. The molecule has 3 rings (SSSR count). The van der Waals surface area contributed by atoms with E-state index in [1.807, 2.05) is 79.7 Å². The van der Waals surface area contributed by atoms with Crippen LogP contribution in [0.25, 0.3) is 6.08 Å². The summed E-state index contributed by atoms with van der Waals surface area (Å²) in [6, 6.07) is 17.5.